The molecule has 1 aliphatic heterocycles. The highest BCUT2D eigenvalue weighted by Crippen LogP contribution is 2.44. The van der Waals surface area contributed by atoms with E-state index in [-0.39, 0.29) is 40.4 Å². The van der Waals surface area contributed by atoms with Gasteiger partial charge in [-0.05, 0) is 52.8 Å². The molecule has 2 N–H and O–H groups in total. The van der Waals surface area contributed by atoms with Crippen LogP contribution in [0.4, 0.5) is 26.6 Å². The van der Waals surface area contributed by atoms with Crippen LogP contribution >= 0.6 is 15.9 Å². The molecule has 5 rings (SSSR count). The maximum absolute atomic E-state index is 15.4. The predicted octanol–water partition coefficient (Wildman–Crippen LogP) is 4.72. The van der Waals surface area contributed by atoms with Crippen molar-refractivity contribution in [3.8, 4) is 11.5 Å². The van der Waals surface area contributed by atoms with Crippen molar-refractivity contribution in [2.45, 2.75) is 37.9 Å². The number of benzene rings is 1. The normalized spacial score (nSPS) is 21.7. The van der Waals surface area contributed by atoms with Crippen LogP contribution in [0.3, 0.4) is 0 Å². The first-order chi connectivity index (χ1) is 19.2. The molecule has 3 aliphatic rings. The second-order valence-corrected chi connectivity index (χ2v) is 10.6. The molecule has 1 saturated carbocycles. The molecular weight excluding hydrogens is 583 g/mol. The number of ether oxygens (including phenoxy) is 2. The average Bonchev–Trinajstić information content (AvgIpc) is 2.92. The van der Waals surface area contributed by atoms with E-state index in [1.165, 1.54) is 41.7 Å². The van der Waals surface area contributed by atoms with Crippen LogP contribution in [0.25, 0.3) is 0 Å². The van der Waals surface area contributed by atoms with E-state index in [4.69, 9.17) is 9.47 Å². The summed E-state index contributed by atoms with van der Waals surface area (Å²) in [6.45, 7) is 3.60. The SMILES string of the molecule is C=CC(=O)N[C@H]1CCC(C2=CC=C2)C[C@H]1Nc1ncc2c(n1)N(C)C(=O)N(c1c(F)c(OC)cc(OC)c1Br)C2. The Kier molecular flexibility index (Phi) is 7.79. The molecule has 1 aromatic heterocycles. The molecule has 2 aromatic rings. The summed E-state index contributed by atoms with van der Waals surface area (Å²) in [6.07, 6.45) is 11.7. The van der Waals surface area contributed by atoms with E-state index >= 15 is 4.39 Å². The molecular formula is C28H30BrFN6O4. The number of rotatable bonds is 8. The Bertz CT molecular complexity index is 1400. The summed E-state index contributed by atoms with van der Waals surface area (Å²) in [5.74, 6) is 0.449. The molecule has 2 aliphatic carbocycles. The molecule has 3 amide bonds. The minimum absolute atomic E-state index is 0.00528. The standard InChI is InChI=1S/C28H30BrFN6O4/c1-5-22(37)32-18-10-9-16(15-7-6-8-15)11-19(18)33-27-31-13-17-14-36(28(38)35(2)26(17)34-27)25-23(29)20(39-3)12-21(40-4)24(25)30/h5-8,12-13,16,18-19H,1,9-11,14H2,2-4H3,(H,32,37)(H,31,33,34)/t16?,18-,19+/m0/s1. The Hall–Kier alpha value is -3.93. The molecule has 0 bridgehead atoms. The van der Waals surface area contributed by atoms with Gasteiger partial charge in [0.2, 0.25) is 11.9 Å². The average molecular weight is 613 g/mol. The van der Waals surface area contributed by atoms with Gasteiger partial charge in [0.1, 0.15) is 17.3 Å². The number of halogens is 2. The number of anilines is 3. The van der Waals surface area contributed by atoms with Crippen LogP contribution in [-0.4, -0.2) is 55.3 Å². The van der Waals surface area contributed by atoms with Crippen LogP contribution in [0, 0.1) is 11.7 Å². The molecule has 12 heteroatoms. The third-order valence-corrected chi connectivity index (χ3v) is 8.32. The number of amides is 3. The van der Waals surface area contributed by atoms with Gasteiger partial charge in [-0.3, -0.25) is 14.6 Å². The van der Waals surface area contributed by atoms with Gasteiger partial charge in [-0.1, -0.05) is 24.8 Å². The van der Waals surface area contributed by atoms with Crippen LogP contribution in [0.1, 0.15) is 24.8 Å². The van der Waals surface area contributed by atoms with Gasteiger partial charge in [-0.25, -0.2) is 14.2 Å². The van der Waals surface area contributed by atoms with Crippen LogP contribution in [0.5, 0.6) is 11.5 Å². The van der Waals surface area contributed by atoms with E-state index < -0.39 is 11.8 Å². The summed E-state index contributed by atoms with van der Waals surface area (Å²) in [6, 6.07) is 0.661. The molecule has 10 nitrogen and oxygen atoms in total. The highest BCUT2D eigenvalue weighted by atomic mass is 79.9. The van der Waals surface area contributed by atoms with E-state index in [1.54, 1.807) is 13.2 Å². The number of carbonyl (C=O) groups excluding carboxylic acids is 2. The second kappa shape index (κ2) is 11.3. The van der Waals surface area contributed by atoms with Crippen molar-refractivity contribution >= 4 is 45.3 Å². The van der Waals surface area contributed by atoms with E-state index in [1.807, 2.05) is 6.08 Å². The van der Waals surface area contributed by atoms with Crippen LogP contribution in [-0.2, 0) is 11.3 Å². The van der Waals surface area contributed by atoms with Crippen molar-refractivity contribution in [1.29, 1.82) is 0 Å². The van der Waals surface area contributed by atoms with E-state index in [2.05, 4.69) is 55.3 Å². The number of fused-ring (bicyclic) bond motifs is 1. The number of urea groups is 1. The van der Waals surface area contributed by atoms with Gasteiger partial charge in [-0.2, -0.15) is 4.98 Å². The first-order valence-electron chi connectivity index (χ1n) is 12.8. The molecule has 0 radical (unpaired) electrons. The monoisotopic (exact) mass is 612 g/mol. The number of allylic oxidation sites excluding steroid dienone is 4. The predicted molar refractivity (Wildman–Crippen MR) is 153 cm³/mol. The summed E-state index contributed by atoms with van der Waals surface area (Å²) < 4.78 is 26.2. The fraction of sp³-hybridized carbons (Fsp3) is 0.357. The van der Waals surface area contributed by atoms with Gasteiger partial charge in [0.25, 0.3) is 0 Å². The molecule has 40 heavy (non-hydrogen) atoms. The van der Waals surface area contributed by atoms with Crippen LogP contribution in [0.2, 0.25) is 0 Å². The lowest BCUT2D eigenvalue weighted by atomic mass is 9.76. The van der Waals surface area contributed by atoms with E-state index in [0.717, 1.165) is 19.3 Å². The van der Waals surface area contributed by atoms with Gasteiger partial charge < -0.3 is 20.1 Å². The fourth-order valence-electron chi connectivity index (χ4n) is 5.36. The fourth-order valence-corrected chi connectivity index (χ4v) is 6.02. The third-order valence-electron chi connectivity index (χ3n) is 7.55. The molecule has 1 aromatic carbocycles. The summed E-state index contributed by atoms with van der Waals surface area (Å²) in [5.41, 5.74) is 1.92. The Morgan fingerprint density at radius 1 is 1.25 bits per heavy atom. The van der Waals surface area contributed by atoms with Crippen molar-refractivity contribution in [3.63, 3.8) is 0 Å². The van der Waals surface area contributed by atoms with Crippen molar-refractivity contribution in [3.05, 3.63) is 64.6 Å². The molecule has 2 heterocycles. The number of methoxy groups -OCH3 is 2. The van der Waals surface area contributed by atoms with Gasteiger partial charge >= 0.3 is 6.03 Å². The van der Waals surface area contributed by atoms with Gasteiger partial charge in [-0.15, -0.1) is 0 Å². The highest BCUT2D eigenvalue weighted by molar-refractivity contribution is 9.10. The molecule has 1 unspecified atom stereocenters. The zero-order valence-corrected chi connectivity index (χ0v) is 24.0. The number of nitrogens with one attached hydrogen (secondary N) is 2. The molecule has 3 atom stereocenters. The van der Waals surface area contributed by atoms with Gasteiger partial charge in [0.15, 0.2) is 11.6 Å². The lowest BCUT2D eigenvalue weighted by molar-refractivity contribution is -0.117. The maximum Gasteiger partial charge on any atom is 0.330 e. The molecule has 0 saturated heterocycles. The molecule has 210 valence electrons. The minimum atomic E-state index is -0.699. The first-order valence-corrected chi connectivity index (χ1v) is 13.6. The van der Waals surface area contributed by atoms with E-state index in [0.29, 0.717) is 29.0 Å². The largest absolute Gasteiger partial charge is 0.495 e. The lowest BCUT2D eigenvalue weighted by Gasteiger charge is -2.38. The van der Waals surface area contributed by atoms with Crippen molar-refractivity contribution in [2.24, 2.45) is 5.92 Å². The van der Waals surface area contributed by atoms with Crippen LogP contribution in [0.15, 0.2) is 53.2 Å². The Morgan fingerprint density at radius 3 is 2.65 bits per heavy atom. The van der Waals surface area contributed by atoms with Gasteiger partial charge in [0.05, 0.1) is 25.2 Å². The highest BCUT2D eigenvalue weighted by Gasteiger charge is 2.37. The quantitative estimate of drug-likeness (QED) is 0.415. The molecule has 0 spiro atoms. The zero-order valence-electron chi connectivity index (χ0n) is 22.4. The summed E-state index contributed by atoms with van der Waals surface area (Å²) >= 11 is 3.38. The zero-order chi connectivity index (χ0) is 28.6. The number of nitrogens with zero attached hydrogens (tertiary/aromatic N) is 4. The Morgan fingerprint density at radius 2 is 2.00 bits per heavy atom. The van der Waals surface area contributed by atoms with Gasteiger partial charge in [0, 0.05) is 37.0 Å². The number of aromatic nitrogens is 2. The summed E-state index contributed by atoms with van der Waals surface area (Å²) in [4.78, 5) is 37.4. The van der Waals surface area contributed by atoms with Crippen molar-refractivity contribution in [2.75, 3.05) is 36.4 Å². The maximum atomic E-state index is 15.4. The Balaban J connectivity index is 1.42. The lowest BCUT2D eigenvalue weighted by Crippen LogP contribution is -2.50. The van der Waals surface area contributed by atoms with Crippen molar-refractivity contribution in [1.82, 2.24) is 15.3 Å². The first kappa shape index (κ1) is 27.6. The Labute approximate surface area is 240 Å². The smallest absolute Gasteiger partial charge is 0.330 e. The topological polar surface area (TPSA) is 109 Å². The van der Waals surface area contributed by atoms with E-state index in [9.17, 15) is 9.59 Å². The third kappa shape index (κ3) is 5.03. The van der Waals surface area contributed by atoms with Crippen molar-refractivity contribution < 1.29 is 23.5 Å². The summed E-state index contributed by atoms with van der Waals surface area (Å²) in [5, 5.41) is 6.42. The number of carbonyl (C=O) groups is 2. The van der Waals surface area contributed by atoms with Crippen LogP contribution < -0.4 is 29.9 Å². The number of hydrogen-bond acceptors (Lipinski definition) is 7. The number of hydrogen-bond donors (Lipinski definition) is 2. The second-order valence-electron chi connectivity index (χ2n) is 9.83. The minimum Gasteiger partial charge on any atom is -0.495 e. The molecule has 1 fully saturated rings. The summed E-state index contributed by atoms with van der Waals surface area (Å²) in [7, 11) is 4.37.